The molecule has 6 aromatic rings. The van der Waals surface area contributed by atoms with E-state index in [2.05, 4.69) is 134 Å². The molecule has 2 aromatic carbocycles. The Labute approximate surface area is 269 Å². The van der Waals surface area contributed by atoms with Gasteiger partial charge in [-0.2, -0.15) is 0 Å². The van der Waals surface area contributed by atoms with Crippen LogP contribution in [0.25, 0.3) is 11.4 Å². The van der Waals surface area contributed by atoms with E-state index in [0.29, 0.717) is 6.67 Å². The SMILES string of the molecule is Cc1cc(C)c(-n2[c-][n+](C[n+]3[c-]n(-c4c(C)cc(C)cc4C)cc3)cc2)c(C)c1.Cn1[c-][n+](C[n+]2[c-]n(C)cc2)cc1.[Pt+4]. The van der Waals surface area contributed by atoms with E-state index in [1.165, 1.54) is 44.8 Å². The van der Waals surface area contributed by atoms with Crippen LogP contribution in [0, 0.1) is 66.9 Å². The van der Waals surface area contributed by atoms with Crippen molar-refractivity contribution in [2.75, 3.05) is 0 Å². The first-order chi connectivity index (χ1) is 20.0. The molecule has 0 saturated heterocycles. The number of benzene rings is 2. The molecule has 0 radical (unpaired) electrons. The van der Waals surface area contributed by atoms with Crippen LogP contribution in [0.1, 0.15) is 33.4 Å². The minimum Gasteiger partial charge on any atom is -0.354 e. The number of imidazole rings is 4. The molecule has 4 heterocycles. The Morgan fingerprint density at radius 3 is 1.09 bits per heavy atom. The monoisotopic (exact) mass is 755 g/mol. The minimum atomic E-state index is 0. The molecule has 43 heavy (non-hydrogen) atoms. The van der Waals surface area contributed by atoms with E-state index in [-0.39, 0.29) is 21.1 Å². The summed E-state index contributed by atoms with van der Waals surface area (Å²) in [4.78, 5) is 0. The zero-order valence-electron chi connectivity index (χ0n) is 26.2. The van der Waals surface area contributed by atoms with Crippen molar-refractivity contribution in [1.29, 1.82) is 0 Å². The van der Waals surface area contributed by atoms with Gasteiger partial charge in [-0.15, -0.1) is 0 Å². The van der Waals surface area contributed by atoms with Gasteiger partial charge in [0.15, 0.2) is 13.3 Å². The maximum absolute atomic E-state index is 3.44. The molecule has 0 aliphatic rings. The maximum atomic E-state index is 3.44. The topological polar surface area (TPSA) is 35.2 Å². The van der Waals surface area contributed by atoms with Crippen molar-refractivity contribution >= 4 is 0 Å². The number of aryl methyl sites for hydroxylation is 8. The van der Waals surface area contributed by atoms with Crippen LogP contribution < -0.4 is 18.3 Å². The molecular formula is C34H40N8Pt+4. The number of rotatable bonds is 6. The van der Waals surface area contributed by atoms with Crippen LogP contribution in [0.3, 0.4) is 0 Å². The first kappa shape index (κ1) is 31.9. The molecule has 6 rings (SSSR count). The molecule has 0 unspecified atom stereocenters. The van der Waals surface area contributed by atoms with Gasteiger partial charge in [-0.1, -0.05) is 35.4 Å². The fourth-order valence-electron chi connectivity index (χ4n) is 5.60. The van der Waals surface area contributed by atoms with Gasteiger partial charge < -0.3 is 27.4 Å². The van der Waals surface area contributed by atoms with Crippen molar-refractivity contribution in [2.24, 2.45) is 14.1 Å². The van der Waals surface area contributed by atoms with Gasteiger partial charge in [0.25, 0.3) is 0 Å². The molecular weight excluding hydrogens is 716 g/mol. The van der Waals surface area contributed by atoms with E-state index in [1.54, 1.807) is 0 Å². The van der Waals surface area contributed by atoms with E-state index < -0.39 is 0 Å². The summed E-state index contributed by atoms with van der Waals surface area (Å²) < 4.78 is 16.0. The van der Waals surface area contributed by atoms with Gasteiger partial charge in [-0.3, -0.25) is 9.13 Å². The van der Waals surface area contributed by atoms with Gasteiger partial charge in [0.05, 0.1) is 25.5 Å². The Hall–Kier alpha value is -4.03. The van der Waals surface area contributed by atoms with Crippen molar-refractivity contribution < 1.29 is 39.3 Å². The van der Waals surface area contributed by atoms with Crippen LogP contribution in [-0.2, 0) is 48.5 Å². The third-order valence-electron chi connectivity index (χ3n) is 7.14. The van der Waals surface area contributed by atoms with E-state index in [1.807, 2.05) is 57.2 Å². The predicted octanol–water partition coefficient (Wildman–Crippen LogP) is 2.84. The predicted molar refractivity (Wildman–Crippen MR) is 158 cm³/mol. The van der Waals surface area contributed by atoms with Crippen molar-refractivity contribution in [2.45, 2.75) is 54.9 Å². The van der Waals surface area contributed by atoms with Gasteiger partial charge in [-0.05, 0) is 88.6 Å². The Morgan fingerprint density at radius 1 is 0.488 bits per heavy atom. The minimum absolute atomic E-state index is 0. The van der Waals surface area contributed by atoms with Crippen molar-refractivity contribution in [1.82, 2.24) is 18.3 Å². The molecule has 0 bridgehead atoms. The third kappa shape index (κ3) is 7.68. The molecule has 0 aliphatic heterocycles. The van der Waals surface area contributed by atoms with Gasteiger partial charge in [-0.25, -0.2) is 0 Å². The fraction of sp³-hybridized carbons (Fsp3) is 0.294. The molecule has 9 heteroatoms. The first-order valence-corrected chi connectivity index (χ1v) is 14.1. The summed E-state index contributed by atoms with van der Waals surface area (Å²) in [6, 6.07) is 8.87. The molecule has 0 amide bonds. The first-order valence-electron chi connectivity index (χ1n) is 14.1. The second-order valence-electron chi connectivity index (χ2n) is 11.2. The van der Waals surface area contributed by atoms with E-state index in [0.717, 1.165) is 6.67 Å². The van der Waals surface area contributed by atoms with Crippen LogP contribution in [-0.4, -0.2) is 18.3 Å². The molecule has 0 atom stereocenters. The zero-order chi connectivity index (χ0) is 30.0. The molecule has 4 aromatic heterocycles. The van der Waals surface area contributed by atoms with Crippen molar-refractivity contribution in [3.63, 3.8) is 0 Å². The average Bonchev–Trinajstić information content (AvgIpc) is 3.70. The van der Waals surface area contributed by atoms with Gasteiger partial charge >= 0.3 is 21.1 Å². The Morgan fingerprint density at radius 2 is 0.791 bits per heavy atom. The summed E-state index contributed by atoms with van der Waals surface area (Å²) in [6.45, 7) is 14.3. The number of hydrogen-bond acceptors (Lipinski definition) is 0. The Bertz CT molecular complexity index is 1660. The zero-order valence-corrected chi connectivity index (χ0v) is 28.5. The quantitative estimate of drug-likeness (QED) is 0.186. The van der Waals surface area contributed by atoms with Gasteiger partial charge in [0, 0.05) is 24.8 Å². The van der Waals surface area contributed by atoms with E-state index >= 15 is 0 Å². The van der Waals surface area contributed by atoms with Crippen LogP contribution in [0.15, 0.2) is 73.8 Å². The van der Waals surface area contributed by atoms with Crippen LogP contribution in [0.5, 0.6) is 0 Å². The van der Waals surface area contributed by atoms with Crippen LogP contribution in [0.4, 0.5) is 0 Å². The van der Waals surface area contributed by atoms with Crippen LogP contribution >= 0.6 is 0 Å². The summed E-state index contributed by atoms with van der Waals surface area (Å²) in [7, 11) is 3.91. The molecule has 0 saturated carbocycles. The molecule has 8 nitrogen and oxygen atoms in total. The van der Waals surface area contributed by atoms with E-state index in [9.17, 15) is 0 Å². The molecule has 222 valence electrons. The molecule has 0 N–H and O–H groups in total. The number of hydrogen-bond donors (Lipinski definition) is 0. The standard InChI is InChI=1S/C25H28N4.C9H12N4.Pt/c1-18-11-20(3)24(21(4)12-18)28-9-7-26(16-28)15-27-8-10-29(17-27)25-22(5)13-19(2)14-23(25)6;1-10-3-5-12(7-10)9-13-6-4-11(2)8-13;/h7-14H,15H2,1-6H3;3-6H,9H2,1-2H3;/q;;+4. The van der Waals surface area contributed by atoms with E-state index in [4.69, 9.17) is 0 Å². The largest absolute Gasteiger partial charge is 4.00 e. The number of aromatic nitrogens is 8. The van der Waals surface area contributed by atoms with Gasteiger partial charge in [0.1, 0.15) is 0 Å². The maximum Gasteiger partial charge on any atom is 4.00 e. The van der Waals surface area contributed by atoms with Gasteiger partial charge in [0.2, 0.25) is 25.3 Å². The average molecular weight is 756 g/mol. The smallest absolute Gasteiger partial charge is 0.354 e. The Balaban J connectivity index is 0.000000253. The normalized spacial score (nSPS) is 10.8. The number of nitrogens with zero attached hydrogens (tertiary/aromatic N) is 8. The summed E-state index contributed by atoms with van der Waals surface area (Å²) in [5, 5.41) is 0. The van der Waals surface area contributed by atoms with Crippen molar-refractivity contribution in [3.8, 4) is 11.4 Å². The molecule has 0 fully saturated rings. The summed E-state index contributed by atoms with van der Waals surface area (Å²) in [5.41, 5.74) is 10.0. The second kappa shape index (κ2) is 13.5. The van der Waals surface area contributed by atoms with Crippen LogP contribution in [0.2, 0.25) is 0 Å². The summed E-state index contributed by atoms with van der Waals surface area (Å²) >= 11 is 0. The second-order valence-corrected chi connectivity index (χ2v) is 11.2. The fourth-order valence-corrected chi connectivity index (χ4v) is 5.60. The summed E-state index contributed by atoms with van der Waals surface area (Å²) in [6.07, 6.45) is 29.2. The van der Waals surface area contributed by atoms with Crippen molar-refractivity contribution in [3.05, 3.63) is 133 Å². The Kier molecular flexibility index (Phi) is 10.0. The molecule has 0 spiro atoms. The molecule has 0 aliphatic carbocycles. The summed E-state index contributed by atoms with van der Waals surface area (Å²) in [5.74, 6) is 0. The third-order valence-corrected chi connectivity index (χ3v) is 7.14.